The highest BCUT2D eigenvalue weighted by atomic mass is 16.2. The molecular weight excluding hydrogens is 288 g/mol. The van der Waals surface area contributed by atoms with E-state index >= 15 is 0 Å². The first-order chi connectivity index (χ1) is 10.3. The molecule has 0 aliphatic heterocycles. The molecule has 22 heavy (non-hydrogen) atoms. The summed E-state index contributed by atoms with van der Waals surface area (Å²) >= 11 is 0. The predicted octanol–water partition coefficient (Wildman–Crippen LogP) is 0.0522. The molecule has 2 aromatic rings. The summed E-state index contributed by atoms with van der Waals surface area (Å²) in [5.41, 5.74) is 0.809. The Kier molecular flexibility index (Phi) is 4.39. The fourth-order valence-corrected chi connectivity index (χ4v) is 1.69. The number of urea groups is 1. The lowest BCUT2D eigenvalue weighted by molar-refractivity contribution is -0.117. The summed E-state index contributed by atoms with van der Waals surface area (Å²) in [6.45, 7) is 1.77. The van der Waals surface area contributed by atoms with Gasteiger partial charge in [-0.1, -0.05) is 0 Å². The van der Waals surface area contributed by atoms with Crippen molar-refractivity contribution in [1.82, 2.24) is 29.7 Å². The van der Waals surface area contributed by atoms with Crippen molar-refractivity contribution in [3.05, 3.63) is 18.0 Å². The van der Waals surface area contributed by atoms with Gasteiger partial charge < -0.3 is 10.2 Å². The van der Waals surface area contributed by atoms with E-state index < -0.39 is 0 Å². The number of carbonyl (C=O) groups excluding carboxylic acids is 2. The first-order valence-corrected chi connectivity index (χ1v) is 6.54. The minimum Gasteiger partial charge on any atom is -0.331 e. The van der Waals surface area contributed by atoms with E-state index in [4.69, 9.17) is 0 Å². The molecule has 0 bridgehead atoms. The number of hydrogen-bond acceptors (Lipinski definition) is 5. The van der Waals surface area contributed by atoms with Gasteiger partial charge in [-0.05, 0) is 6.92 Å². The summed E-state index contributed by atoms with van der Waals surface area (Å²) < 4.78 is 1.58. The highest BCUT2D eigenvalue weighted by Gasteiger charge is 2.11. The van der Waals surface area contributed by atoms with Crippen LogP contribution in [0, 0.1) is 6.92 Å². The van der Waals surface area contributed by atoms with Crippen LogP contribution in [0.25, 0.3) is 0 Å². The SMILES string of the molecule is Cc1cc(NC(=O)Cn2ncc(NC(=O)N(C)C)n2)n(C)n1. The average Bonchev–Trinajstić information content (AvgIpc) is 2.96. The Labute approximate surface area is 127 Å². The Balaban J connectivity index is 1.93. The standard InChI is InChI=1S/C12H18N8O2/c1-8-5-10(19(4)16-8)15-11(21)7-20-13-6-9(17-20)14-12(22)18(2)3/h5-6H,7H2,1-4H3,(H,15,21)(H,14,17,22). The highest BCUT2D eigenvalue weighted by Crippen LogP contribution is 2.08. The van der Waals surface area contributed by atoms with Gasteiger partial charge in [0.25, 0.3) is 0 Å². The first kappa shape index (κ1) is 15.5. The Hall–Kier alpha value is -2.91. The van der Waals surface area contributed by atoms with Crippen LogP contribution in [0.1, 0.15) is 5.69 Å². The third-order valence-corrected chi connectivity index (χ3v) is 2.73. The second-order valence-electron chi connectivity index (χ2n) is 4.93. The molecule has 0 radical (unpaired) electrons. The van der Waals surface area contributed by atoms with E-state index in [1.807, 2.05) is 6.92 Å². The lowest BCUT2D eigenvalue weighted by Crippen LogP contribution is -2.27. The van der Waals surface area contributed by atoms with Gasteiger partial charge in [0.1, 0.15) is 12.4 Å². The molecule has 0 fully saturated rings. The Bertz CT molecular complexity index is 687. The van der Waals surface area contributed by atoms with Gasteiger partial charge in [0.15, 0.2) is 5.82 Å². The monoisotopic (exact) mass is 306 g/mol. The quantitative estimate of drug-likeness (QED) is 0.829. The van der Waals surface area contributed by atoms with E-state index in [0.29, 0.717) is 5.82 Å². The van der Waals surface area contributed by atoms with Crippen molar-refractivity contribution in [3.8, 4) is 0 Å². The zero-order valence-corrected chi connectivity index (χ0v) is 12.9. The van der Waals surface area contributed by atoms with Crippen LogP contribution in [0.2, 0.25) is 0 Å². The number of anilines is 2. The molecule has 0 aromatic carbocycles. The second kappa shape index (κ2) is 6.24. The van der Waals surface area contributed by atoms with Crippen LogP contribution in [0.4, 0.5) is 16.4 Å². The van der Waals surface area contributed by atoms with Crippen molar-refractivity contribution in [3.63, 3.8) is 0 Å². The number of aromatic nitrogens is 5. The summed E-state index contributed by atoms with van der Waals surface area (Å²) in [6.07, 6.45) is 1.38. The van der Waals surface area contributed by atoms with E-state index in [-0.39, 0.29) is 24.3 Å². The van der Waals surface area contributed by atoms with Crippen LogP contribution in [-0.2, 0) is 18.4 Å². The summed E-state index contributed by atoms with van der Waals surface area (Å²) in [5.74, 6) is 0.586. The topological polar surface area (TPSA) is 110 Å². The molecule has 0 unspecified atom stereocenters. The fraction of sp³-hybridized carbons (Fsp3) is 0.417. The number of rotatable bonds is 4. The van der Waals surface area contributed by atoms with Gasteiger partial charge in [-0.3, -0.25) is 14.8 Å². The maximum absolute atomic E-state index is 11.9. The van der Waals surface area contributed by atoms with Crippen molar-refractivity contribution < 1.29 is 9.59 Å². The van der Waals surface area contributed by atoms with E-state index in [2.05, 4.69) is 25.9 Å². The van der Waals surface area contributed by atoms with Crippen molar-refractivity contribution in [2.45, 2.75) is 13.5 Å². The molecule has 0 aliphatic rings. The lowest BCUT2D eigenvalue weighted by atomic mass is 10.4. The van der Waals surface area contributed by atoms with E-state index in [1.54, 1.807) is 31.9 Å². The largest absolute Gasteiger partial charge is 0.331 e. The average molecular weight is 306 g/mol. The molecule has 0 saturated carbocycles. The Morgan fingerprint density at radius 3 is 2.59 bits per heavy atom. The van der Waals surface area contributed by atoms with Crippen molar-refractivity contribution in [1.29, 1.82) is 0 Å². The number of aryl methyl sites for hydroxylation is 2. The minimum atomic E-state index is -0.318. The molecule has 0 atom stereocenters. The van der Waals surface area contributed by atoms with Crippen molar-refractivity contribution in [2.75, 3.05) is 24.7 Å². The minimum absolute atomic E-state index is 0.0674. The molecule has 118 valence electrons. The van der Waals surface area contributed by atoms with Crippen LogP contribution in [0.3, 0.4) is 0 Å². The number of nitrogens with zero attached hydrogens (tertiary/aromatic N) is 6. The molecule has 2 aromatic heterocycles. The van der Waals surface area contributed by atoms with Gasteiger partial charge in [0, 0.05) is 27.2 Å². The van der Waals surface area contributed by atoms with Crippen LogP contribution >= 0.6 is 0 Å². The third-order valence-electron chi connectivity index (χ3n) is 2.73. The fourth-order valence-electron chi connectivity index (χ4n) is 1.69. The summed E-state index contributed by atoms with van der Waals surface area (Å²) in [7, 11) is 4.97. The highest BCUT2D eigenvalue weighted by molar-refractivity contribution is 5.90. The van der Waals surface area contributed by atoms with E-state index in [0.717, 1.165) is 5.69 Å². The molecule has 3 amide bonds. The van der Waals surface area contributed by atoms with E-state index in [1.165, 1.54) is 15.9 Å². The molecular formula is C12H18N8O2. The number of amides is 3. The first-order valence-electron chi connectivity index (χ1n) is 6.54. The van der Waals surface area contributed by atoms with Gasteiger partial charge in [0.05, 0.1) is 11.9 Å². The molecule has 0 spiro atoms. The number of hydrogen-bond donors (Lipinski definition) is 2. The number of nitrogens with one attached hydrogen (secondary N) is 2. The van der Waals surface area contributed by atoms with Crippen molar-refractivity contribution in [2.24, 2.45) is 7.05 Å². The van der Waals surface area contributed by atoms with Gasteiger partial charge in [-0.25, -0.2) is 4.79 Å². The normalized spacial score (nSPS) is 10.4. The molecule has 2 N–H and O–H groups in total. The molecule has 2 rings (SSSR count). The van der Waals surface area contributed by atoms with Crippen LogP contribution in [-0.4, -0.2) is 55.7 Å². The Morgan fingerprint density at radius 2 is 2.00 bits per heavy atom. The molecule has 0 aliphatic carbocycles. The molecule has 10 nitrogen and oxygen atoms in total. The van der Waals surface area contributed by atoms with Gasteiger partial charge in [-0.2, -0.15) is 15.0 Å². The number of carbonyl (C=O) groups is 2. The van der Waals surface area contributed by atoms with E-state index in [9.17, 15) is 9.59 Å². The zero-order valence-electron chi connectivity index (χ0n) is 12.9. The van der Waals surface area contributed by atoms with Crippen LogP contribution in [0.5, 0.6) is 0 Å². The van der Waals surface area contributed by atoms with Gasteiger partial charge >= 0.3 is 6.03 Å². The van der Waals surface area contributed by atoms with Crippen molar-refractivity contribution >= 4 is 23.6 Å². The summed E-state index contributed by atoms with van der Waals surface area (Å²) in [6, 6.07) is 1.44. The van der Waals surface area contributed by atoms with Crippen LogP contribution in [0.15, 0.2) is 12.3 Å². The lowest BCUT2D eigenvalue weighted by Gasteiger charge is -2.09. The Morgan fingerprint density at radius 1 is 1.27 bits per heavy atom. The van der Waals surface area contributed by atoms with Gasteiger partial charge in [-0.15, -0.1) is 5.10 Å². The maximum Gasteiger partial charge on any atom is 0.322 e. The van der Waals surface area contributed by atoms with Crippen LogP contribution < -0.4 is 10.6 Å². The smallest absolute Gasteiger partial charge is 0.322 e. The predicted molar refractivity (Wildman–Crippen MR) is 79.3 cm³/mol. The molecule has 2 heterocycles. The molecule has 10 heteroatoms. The summed E-state index contributed by atoms with van der Waals surface area (Å²) in [5, 5.41) is 17.3. The third kappa shape index (κ3) is 3.81. The second-order valence-corrected chi connectivity index (χ2v) is 4.93. The molecule has 0 saturated heterocycles. The maximum atomic E-state index is 11.9. The zero-order chi connectivity index (χ0) is 16.3. The summed E-state index contributed by atoms with van der Waals surface area (Å²) in [4.78, 5) is 26.0. The van der Waals surface area contributed by atoms with Gasteiger partial charge in [0.2, 0.25) is 5.91 Å².